The maximum Gasteiger partial charge on any atom is 0.240 e. The summed E-state index contributed by atoms with van der Waals surface area (Å²) in [5.41, 5.74) is 13.1. The van der Waals surface area contributed by atoms with Crippen LogP contribution in [0.1, 0.15) is 18.4 Å². The molecule has 10 heteroatoms. The number of hydrogen-bond donors (Lipinski definition) is 3. The van der Waals surface area contributed by atoms with Crippen molar-refractivity contribution in [3.8, 4) is 17.2 Å². The zero-order chi connectivity index (χ0) is 20.1. The standard InChI is InChI=1S/C18H19N5O4S/c1-9-8-26-16-14(9)13(7-12-15(16)17(19)23-18(20)22-12)27-10-3-5-11(6-4-10)28(24,25)21-2/h3-7,9,21H,8H2,1-2H3,(H4,19,20,22,23). The van der Waals surface area contributed by atoms with Crippen molar-refractivity contribution in [1.29, 1.82) is 0 Å². The summed E-state index contributed by atoms with van der Waals surface area (Å²) in [5.74, 6) is 2.01. The molecule has 2 heterocycles. The quantitative estimate of drug-likeness (QED) is 0.602. The van der Waals surface area contributed by atoms with Crippen LogP contribution in [0.3, 0.4) is 0 Å². The molecule has 5 N–H and O–H groups in total. The molecule has 1 unspecified atom stereocenters. The average Bonchev–Trinajstić information content (AvgIpc) is 3.03. The molecule has 0 amide bonds. The molecule has 146 valence electrons. The highest BCUT2D eigenvalue weighted by molar-refractivity contribution is 7.89. The minimum Gasteiger partial charge on any atom is -0.492 e. The number of nitrogens with two attached hydrogens (primary N) is 2. The zero-order valence-corrected chi connectivity index (χ0v) is 16.1. The minimum atomic E-state index is -3.51. The highest BCUT2D eigenvalue weighted by Gasteiger charge is 2.29. The fraction of sp³-hybridized carbons (Fsp3) is 0.222. The summed E-state index contributed by atoms with van der Waals surface area (Å²) in [5, 5.41) is 0.608. The Balaban J connectivity index is 1.80. The van der Waals surface area contributed by atoms with Gasteiger partial charge in [0.15, 0.2) is 0 Å². The molecule has 0 saturated heterocycles. The molecule has 0 radical (unpaired) electrons. The molecule has 0 saturated carbocycles. The van der Waals surface area contributed by atoms with Gasteiger partial charge in [0.05, 0.1) is 22.4 Å². The fourth-order valence-corrected chi connectivity index (χ4v) is 3.95. The first-order valence-corrected chi connectivity index (χ1v) is 10.0. The van der Waals surface area contributed by atoms with Gasteiger partial charge in [0, 0.05) is 17.5 Å². The summed E-state index contributed by atoms with van der Waals surface area (Å²) in [7, 11) is -2.15. The maximum atomic E-state index is 11.9. The Morgan fingerprint density at radius 3 is 2.61 bits per heavy atom. The van der Waals surface area contributed by atoms with Crippen molar-refractivity contribution in [1.82, 2.24) is 14.7 Å². The number of nitrogens with zero attached hydrogens (tertiary/aromatic N) is 2. The number of hydrogen-bond acceptors (Lipinski definition) is 8. The van der Waals surface area contributed by atoms with Gasteiger partial charge in [0.2, 0.25) is 16.0 Å². The summed E-state index contributed by atoms with van der Waals surface area (Å²) in [6, 6.07) is 7.86. The third-order valence-corrected chi connectivity index (χ3v) is 6.02. The molecule has 28 heavy (non-hydrogen) atoms. The van der Waals surface area contributed by atoms with Gasteiger partial charge in [0.25, 0.3) is 0 Å². The Bertz CT molecular complexity index is 1180. The van der Waals surface area contributed by atoms with Crippen molar-refractivity contribution in [3.05, 3.63) is 35.9 Å². The van der Waals surface area contributed by atoms with E-state index in [1.807, 2.05) is 6.92 Å². The fourth-order valence-electron chi connectivity index (χ4n) is 3.22. The van der Waals surface area contributed by atoms with Crippen molar-refractivity contribution in [2.24, 2.45) is 0 Å². The second-order valence-corrected chi connectivity index (χ2v) is 8.36. The van der Waals surface area contributed by atoms with Gasteiger partial charge in [-0.1, -0.05) is 6.92 Å². The van der Waals surface area contributed by atoms with Gasteiger partial charge >= 0.3 is 0 Å². The van der Waals surface area contributed by atoms with E-state index in [0.717, 1.165) is 5.56 Å². The van der Waals surface area contributed by atoms with Gasteiger partial charge in [-0.2, -0.15) is 4.98 Å². The van der Waals surface area contributed by atoms with Crippen molar-refractivity contribution < 1.29 is 17.9 Å². The van der Waals surface area contributed by atoms with Gasteiger partial charge in [-0.3, -0.25) is 0 Å². The number of aromatic nitrogens is 2. The molecule has 0 spiro atoms. The van der Waals surface area contributed by atoms with Gasteiger partial charge < -0.3 is 20.9 Å². The van der Waals surface area contributed by atoms with E-state index >= 15 is 0 Å². The Kier molecular flexibility index (Phi) is 4.24. The van der Waals surface area contributed by atoms with Crippen molar-refractivity contribution in [2.75, 3.05) is 25.1 Å². The molecule has 1 aromatic heterocycles. The number of nitrogen functional groups attached to an aromatic ring is 2. The lowest BCUT2D eigenvalue weighted by Crippen LogP contribution is -2.18. The van der Waals surface area contributed by atoms with Crippen molar-refractivity contribution in [2.45, 2.75) is 17.7 Å². The van der Waals surface area contributed by atoms with Crippen LogP contribution in [0.2, 0.25) is 0 Å². The molecule has 4 rings (SSSR count). The van der Waals surface area contributed by atoms with E-state index in [-0.39, 0.29) is 22.6 Å². The van der Waals surface area contributed by atoms with Crippen LogP contribution in [0.25, 0.3) is 10.9 Å². The van der Waals surface area contributed by atoms with E-state index in [2.05, 4.69) is 14.7 Å². The van der Waals surface area contributed by atoms with E-state index < -0.39 is 10.0 Å². The summed E-state index contributed by atoms with van der Waals surface area (Å²) in [6.45, 7) is 2.50. The Labute approximate surface area is 161 Å². The van der Waals surface area contributed by atoms with Crippen LogP contribution < -0.4 is 25.7 Å². The van der Waals surface area contributed by atoms with Crippen LogP contribution in [0.4, 0.5) is 11.8 Å². The SMILES string of the molecule is CNS(=O)(=O)c1ccc(Oc2cc3nc(N)nc(N)c3c3c2C(C)CO3)cc1. The molecule has 1 aliphatic rings. The zero-order valence-electron chi connectivity index (χ0n) is 15.3. The number of anilines is 2. The number of rotatable bonds is 4. The van der Waals surface area contributed by atoms with Gasteiger partial charge in [-0.15, -0.1) is 0 Å². The first kappa shape index (κ1) is 18.3. The molecule has 1 atom stereocenters. The molecule has 3 aromatic rings. The summed E-state index contributed by atoms with van der Waals surface area (Å²) < 4.78 is 37.9. The second-order valence-electron chi connectivity index (χ2n) is 6.47. The Hall–Kier alpha value is -3.11. The average molecular weight is 401 g/mol. The lowest BCUT2D eigenvalue weighted by molar-refractivity contribution is 0.340. The molecule has 0 aliphatic carbocycles. The highest BCUT2D eigenvalue weighted by atomic mass is 32.2. The lowest BCUT2D eigenvalue weighted by atomic mass is 9.99. The number of benzene rings is 2. The Morgan fingerprint density at radius 2 is 1.93 bits per heavy atom. The second kappa shape index (κ2) is 6.50. The molecule has 0 fully saturated rings. The Morgan fingerprint density at radius 1 is 1.21 bits per heavy atom. The van der Waals surface area contributed by atoms with Gasteiger partial charge in [0.1, 0.15) is 23.1 Å². The first-order valence-electron chi connectivity index (χ1n) is 8.54. The lowest BCUT2D eigenvalue weighted by Gasteiger charge is -2.14. The largest absolute Gasteiger partial charge is 0.492 e. The third-order valence-electron chi connectivity index (χ3n) is 4.59. The van der Waals surface area contributed by atoms with Crippen molar-refractivity contribution in [3.63, 3.8) is 0 Å². The smallest absolute Gasteiger partial charge is 0.240 e. The molecular weight excluding hydrogens is 382 g/mol. The highest BCUT2D eigenvalue weighted by Crippen LogP contribution is 2.47. The third kappa shape index (κ3) is 2.96. The number of fused-ring (bicyclic) bond motifs is 3. The monoisotopic (exact) mass is 401 g/mol. The molecule has 1 aliphatic heterocycles. The minimum absolute atomic E-state index is 0.0589. The van der Waals surface area contributed by atoms with Crippen LogP contribution in [-0.2, 0) is 10.0 Å². The van der Waals surface area contributed by atoms with Crippen LogP contribution in [0, 0.1) is 0 Å². The molecule has 9 nitrogen and oxygen atoms in total. The van der Waals surface area contributed by atoms with Crippen molar-refractivity contribution >= 4 is 32.7 Å². The van der Waals surface area contributed by atoms with Crippen LogP contribution >= 0.6 is 0 Å². The van der Waals surface area contributed by atoms with E-state index in [4.69, 9.17) is 20.9 Å². The normalized spacial score (nSPS) is 16.0. The maximum absolute atomic E-state index is 11.9. The predicted molar refractivity (Wildman–Crippen MR) is 105 cm³/mol. The molecule has 2 aromatic carbocycles. The van der Waals surface area contributed by atoms with E-state index in [0.29, 0.717) is 34.8 Å². The molecular formula is C18H19N5O4S. The topological polar surface area (TPSA) is 142 Å². The van der Waals surface area contributed by atoms with Crippen LogP contribution in [0.15, 0.2) is 35.2 Å². The van der Waals surface area contributed by atoms with Crippen LogP contribution in [0.5, 0.6) is 17.2 Å². The van der Waals surface area contributed by atoms with Gasteiger partial charge in [-0.25, -0.2) is 18.1 Å². The number of ether oxygens (including phenoxy) is 2. The molecule has 0 bridgehead atoms. The first-order chi connectivity index (χ1) is 13.3. The summed E-state index contributed by atoms with van der Waals surface area (Å²) in [6.07, 6.45) is 0. The van der Waals surface area contributed by atoms with E-state index in [9.17, 15) is 8.42 Å². The van der Waals surface area contributed by atoms with E-state index in [1.54, 1.807) is 18.2 Å². The number of sulfonamides is 1. The summed E-state index contributed by atoms with van der Waals surface area (Å²) >= 11 is 0. The summed E-state index contributed by atoms with van der Waals surface area (Å²) in [4.78, 5) is 8.41. The van der Waals surface area contributed by atoms with Gasteiger partial charge in [-0.05, 0) is 31.3 Å². The van der Waals surface area contributed by atoms with E-state index in [1.165, 1.54) is 19.2 Å². The van der Waals surface area contributed by atoms with Crippen LogP contribution in [-0.4, -0.2) is 32.0 Å². The number of nitrogens with one attached hydrogen (secondary N) is 1. The predicted octanol–water partition coefficient (Wildman–Crippen LogP) is 1.99.